The first-order valence-corrected chi connectivity index (χ1v) is 10.6. The Labute approximate surface area is 186 Å². The fourth-order valence-corrected chi connectivity index (χ4v) is 3.63. The molecule has 32 heavy (non-hydrogen) atoms. The molecule has 0 radical (unpaired) electrons. The molecule has 0 saturated carbocycles. The van der Waals surface area contributed by atoms with Crippen LogP contribution in [0.3, 0.4) is 0 Å². The minimum absolute atomic E-state index is 0.200. The molecule has 0 N–H and O–H groups in total. The molecule has 1 heterocycles. The van der Waals surface area contributed by atoms with Gasteiger partial charge in [0.05, 0.1) is 7.11 Å². The number of ether oxygens (including phenoxy) is 4. The maximum Gasteiger partial charge on any atom is 0.305 e. The summed E-state index contributed by atoms with van der Waals surface area (Å²) >= 11 is 0. The van der Waals surface area contributed by atoms with Crippen LogP contribution >= 0.6 is 0 Å². The Morgan fingerprint density at radius 2 is 1.75 bits per heavy atom. The van der Waals surface area contributed by atoms with Crippen LogP contribution < -0.4 is 14.2 Å². The van der Waals surface area contributed by atoms with Crippen LogP contribution in [0.4, 0.5) is 4.39 Å². The quantitative estimate of drug-likeness (QED) is 0.446. The first-order chi connectivity index (χ1) is 15.6. The molecule has 166 valence electrons. The standard InChI is InChI=1S/C26H25FO5/c1-29-26(28)4-2-3-18-5-9-22(10-6-18)32-17-20-15-21(27)8-11-23(20)19-7-12-24-25(16-19)31-14-13-30-24/h5-12,15-16H,2-4,13-14,17H2,1H3. The van der Waals surface area contributed by atoms with Crippen LogP contribution in [0, 0.1) is 5.82 Å². The normalized spacial score (nSPS) is 12.3. The van der Waals surface area contributed by atoms with Crippen molar-refractivity contribution in [2.75, 3.05) is 20.3 Å². The third-order valence-corrected chi connectivity index (χ3v) is 5.31. The number of fused-ring (bicyclic) bond motifs is 1. The molecular formula is C26H25FO5. The summed E-state index contributed by atoms with van der Waals surface area (Å²) in [5.41, 5.74) is 3.64. The number of carbonyl (C=O) groups excluding carboxylic acids is 1. The van der Waals surface area contributed by atoms with Crippen molar-refractivity contribution in [2.24, 2.45) is 0 Å². The van der Waals surface area contributed by atoms with Crippen molar-refractivity contribution < 1.29 is 28.1 Å². The summed E-state index contributed by atoms with van der Waals surface area (Å²) < 4.78 is 35.9. The Balaban J connectivity index is 1.43. The lowest BCUT2D eigenvalue weighted by Gasteiger charge is -2.19. The van der Waals surface area contributed by atoms with E-state index in [1.165, 1.54) is 19.2 Å². The molecule has 1 aliphatic heterocycles. The monoisotopic (exact) mass is 436 g/mol. The Bertz CT molecular complexity index is 1080. The minimum Gasteiger partial charge on any atom is -0.489 e. The molecule has 0 aromatic heterocycles. The number of halogens is 1. The molecular weight excluding hydrogens is 411 g/mol. The van der Waals surface area contributed by atoms with E-state index in [4.69, 9.17) is 14.2 Å². The number of rotatable bonds is 8. The molecule has 3 aromatic rings. The summed E-state index contributed by atoms with van der Waals surface area (Å²) in [7, 11) is 1.40. The maximum absolute atomic E-state index is 14.0. The van der Waals surface area contributed by atoms with E-state index >= 15 is 0 Å². The van der Waals surface area contributed by atoms with Crippen molar-refractivity contribution in [2.45, 2.75) is 25.9 Å². The van der Waals surface area contributed by atoms with Crippen LogP contribution in [0.15, 0.2) is 60.7 Å². The number of hydrogen-bond acceptors (Lipinski definition) is 5. The van der Waals surface area contributed by atoms with Crippen molar-refractivity contribution >= 4 is 5.97 Å². The number of methoxy groups -OCH3 is 1. The highest BCUT2D eigenvalue weighted by Crippen LogP contribution is 2.36. The SMILES string of the molecule is COC(=O)CCCc1ccc(OCc2cc(F)ccc2-c2ccc3c(c2)OCCO3)cc1. The highest BCUT2D eigenvalue weighted by atomic mass is 19.1. The second-order valence-corrected chi connectivity index (χ2v) is 7.52. The van der Waals surface area contributed by atoms with Gasteiger partial charge in [-0.3, -0.25) is 4.79 Å². The van der Waals surface area contributed by atoms with Gasteiger partial charge in [-0.05, 0) is 71.5 Å². The molecule has 0 atom stereocenters. The van der Waals surface area contributed by atoms with Crippen LogP contribution in [0.1, 0.15) is 24.0 Å². The van der Waals surface area contributed by atoms with E-state index in [0.29, 0.717) is 36.9 Å². The number of hydrogen-bond donors (Lipinski definition) is 0. The Kier molecular flexibility index (Phi) is 6.90. The predicted octanol–water partition coefficient (Wildman–Crippen LogP) is 5.34. The zero-order valence-corrected chi connectivity index (χ0v) is 17.9. The first kappa shape index (κ1) is 21.7. The van der Waals surface area contributed by atoms with Crippen molar-refractivity contribution in [3.8, 4) is 28.4 Å². The molecule has 1 aliphatic rings. The largest absolute Gasteiger partial charge is 0.489 e. The molecule has 0 aliphatic carbocycles. The third-order valence-electron chi connectivity index (χ3n) is 5.31. The number of carbonyl (C=O) groups is 1. The summed E-state index contributed by atoms with van der Waals surface area (Å²) in [4.78, 5) is 11.2. The van der Waals surface area contributed by atoms with Crippen LogP contribution in [0.2, 0.25) is 0 Å². The van der Waals surface area contributed by atoms with Gasteiger partial charge in [-0.2, -0.15) is 0 Å². The zero-order chi connectivity index (χ0) is 22.3. The maximum atomic E-state index is 14.0. The predicted molar refractivity (Wildman–Crippen MR) is 119 cm³/mol. The Morgan fingerprint density at radius 1 is 0.969 bits per heavy atom. The fourth-order valence-electron chi connectivity index (χ4n) is 3.63. The molecule has 0 amide bonds. The Morgan fingerprint density at radius 3 is 2.53 bits per heavy atom. The average molecular weight is 436 g/mol. The highest BCUT2D eigenvalue weighted by molar-refractivity contribution is 5.70. The molecule has 3 aromatic carbocycles. The summed E-state index contributed by atoms with van der Waals surface area (Å²) in [6, 6.07) is 18.1. The van der Waals surface area contributed by atoms with E-state index in [0.717, 1.165) is 35.1 Å². The smallest absolute Gasteiger partial charge is 0.305 e. The second-order valence-electron chi connectivity index (χ2n) is 7.52. The molecule has 6 heteroatoms. The summed E-state index contributed by atoms with van der Waals surface area (Å²) in [6.45, 7) is 1.27. The van der Waals surface area contributed by atoms with Gasteiger partial charge in [0.2, 0.25) is 0 Å². The summed E-state index contributed by atoms with van der Waals surface area (Å²) in [5.74, 6) is 1.58. The molecule has 0 bridgehead atoms. The van der Waals surface area contributed by atoms with Gasteiger partial charge in [-0.1, -0.05) is 24.3 Å². The third kappa shape index (κ3) is 5.38. The lowest BCUT2D eigenvalue weighted by atomic mass is 9.99. The van der Waals surface area contributed by atoms with E-state index in [1.807, 2.05) is 42.5 Å². The molecule has 0 fully saturated rings. The molecule has 0 unspecified atom stereocenters. The van der Waals surface area contributed by atoms with Gasteiger partial charge >= 0.3 is 5.97 Å². The number of aryl methyl sites for hydroxylation is 1. The fraction of sp³-hybridized carbons (Fsp3) is 0.269. The van der Waals surface area contributed by atoms with Gasteiger partial charge in [-0.15, -0.1) is 0 Å². The van der Waals surface area contributed by atoms with Crippen molar-refractivity contribution in [1.29, 1.82) is 0 Å². The van der Waals surface area contributed by atoms with E-state index in [9.17, 15) is 9.18 Å². The minimum atomic E-state index is -0.314. The number of benzene rings is 3. The Hall–Kier alpha value is -3.54. The van der Waals surface area contributed by atoms with Gasteiger partial charge in [0.25, 0.3) is 0 Å². The average Bonchev–Trinajstić information content (AvgIpc) is 2.83. The summed E-state index contributed by atoms with van der Waals surface area (Å²) in [6.07, 6.45) is 1.92. The molecule has 0 spiro atoms. The number of esters is 1. The van der Waals surface area contributed by atoms with Gasteiger partial charge in [0.1, 0.15) is 31.4 Å². The van der Waals surface area contributed by atoms with Crippen LogP contribution in [0.25, 0.3) is 11.1 Å². The van der Waals surface area contributed by atoms with Gasteiger partial charge in [0, 0.05) is 6.42 Å². The van der Waals surface area contributed by atoms with Gasteiger partial charge in [-0.25, -0.2) is 4.39 Å². The zero-order valence-electron chi connectivity index (χ0n) is 17.9. The van der Waals surface area contributed by atoms with Crippen LogP contribution in [-0.2, 0) is 22.6 Å². The van der Waals surface area contributed by atoms with E-state index in [2.05, 4.69) is 4.74 Å². The van der Waals surface area contributed by atoms with Crippen molar-refractivity contribution in [1.82, 2.24) is 0 Å². The lowest BCUT2D eigenvalue weighted by molar-refractivity contribution is -0.140. The van der Waals surface area contributed by atoms with Gasteiger partial charge < -0.3 is 18.9 Å². The van der Waals surface area contributed by atoms with Crippen molar-refractivity contribution in [3.05, 3.63) is 77.6 Å². The van der Waals surface area contributed by atoms with Crippen molar-refractivity contribution in [3.63, 3.8) is 0 Å². The lowest BCUT2D eigenvalue weighted by Crippen LogP contribution is -2.15. The molecule has 4 rings (SSSR count). The van der Waals surface area contributed by atoms with Crippen LogP contribution in [0.5, 0.6) is 17.2 Å². The first-order valence-electron chi connectivity index (χ1n) is 10.6. The van der Waals surface area contributed by atoms with Crippen LogP contribution in [-0.4, -0.2) is 26.3 Å². The van der Waals surface area contributed by atoms with E-state index in [-0.39, 0.29) is 18.4 Å². The summed E-state index contributed by atoms with van der Waals surface area (Å²) in [5, 5.41) is 0. The molecule has 5 nitrogen and oxygen atoms in total. The topological polar surface area (TPSA) is 54.0 Å². The van der Waals surface area contributed by atoms with E-state index < -0.39 is 0 Å². The second kappa shape index (κ2) is 10.2. The van der Waals surface area contributed by atoms with Gasteiger partial charge in [0.15, 0.2) is 11.5 Å². The van der Waals surface area contributed by atoms with E-state index in [1.54, 1.807) is 6.07 Å². The highest BCUT2D eigenvalue weighted by Gasteiger charge is 2.15. The molecule has 0 saturated heterocycles.